The highest BCUT2D eigenvalue weighted by atomic mass is 16.3. The lowest BCUT2D eigenvalue weighted by atomic mass is 9.47. The molecule has 0 bridgehead atoms. The molecule has 156 valence electrons. The predicted molar refractivity (Wildman–Crippen MR) is 117 cm³/mol. The number of allylic oxidation sites excluding steroid dienone is 3. The molecular weight excluding hydrogens is 372 g/mol. The fourth-order valence-corrected chi connectivity index (χ4v) is 7.46. The van der Waals surface area contributed by atoms with Gasteiger partial charge in [0.05, 0.1) is 17.1 Å². The van der Waals surface area contributed by atoms with Crippen molar-refractivity contribution in [2.24, 2.45) is 28.6 Å². The maximum absolute atomic E-state index is 13.4. The van der Waals surface area contributed by atoms with E-state index in [2.05, 4.69) is 47.7 Å². The molecule has 4 nitrogen and oxygen atoms in total. The van der Waals surface area contributed by atoms with Crippen LogP contribution in [0.15, 0.2) is 48.3 Å². The van der Waals surface area contributed by atoms with Gasteiger partial charge in [0.2, 0.25) is 0 Å². The highest BCUT2D eigenvalue weighted by Crippen LogP contribution is 2.65. The van der Waals surface area contributed by atoms with Gasteiger partial charge in [-0.25, -0.2) is 4.98 Å². The normalized spacial score (nSPS) is 40.4. The average Bonchev–Trinajstić information content (AvgIpc) is 3.30. The van der Waals surface area contributed by atoms with E-state index >= 15 is 0 Å². The SMILES string of the molecule is C[C@]12CC[C@H](O)CC1=CC(=O)C1C2CC[C@]2(C)C(n3cnc4ccccc43)=CCC12. The summed E-state index contributed by atoms with van der Waals surface area (Å²) in [5, 5.41) is 10.2. The zero-order valence-electron chi connectivity index (χ0n) is 17.8. The van der Waals surface area contributed by atoms with E-state index in [0.717, 1.165) is 43.1 Å². The first-order chi connectivity index (χ1) is 14.4. The van der Waals surface area contributed by atoms with Gasteiger partial charge in [-0.3, -0.25) is 4.79 Å². The van der Waals surface area contributed by atoms with Crippen molar-refractivity contribution in [3.63, 3.8) is 0 Å². The molecule has 4 aliphatic rings. The number of fused-ring (bicyclic) bond motifs is 6. The lowest BCUT2D eigenvalue weighted by Crippen LogP contribution is -2.53. The van der Waals surface area contributed by atoms with Crippen LogP contribution in [0.4, 0.5) is 0 Å². The summed E-state index contributed by atoms with van der Waals surface area (Å²) in [5.74, 6) is 1.16. The van der Waals surface area contributed by atoms with Crippen molar-refractivity contribution in [2.45, 2.75) is 58.5 Å². The van der Waals surface area contributed by atoms with Crippen molar-refractivity contribution >= 4 is 22.5 Å². The maximum Gasteiger partial charge on any atom is 0.159 e. The van der Waals surface area contributed by atoms with Crippen molar-refractivity contribution in [3.05, 3.63) is 48.3 Å². The first-order valence-electron chi connectivity index (χ1n) is 11.5. The Bertz CT molecular complexity index is 1110. The summed E-state index contributed by atoms with van der Waals surface area (Å²) < 4.78 is 2.27. The number of carbonyl (C=O) groups excluding carboxylic acids is 1. The van der Waals surface area contributed by atoms with Crippen LogP contribution in [0.3, 0.4) is 0 Å². The minimum atomic E-state index is -0.281. The van der Waals surface area contributed by atoms with Crippen molar-refractivity contribution in [1.82, 2.24) is 9.55 Å². The summed E-state index contributed by atoms with van der Waals surface area (Å²) in [6.07, 6.45) is 11.7. The van der Waals surface area contributed by atoms with Crippen LogP contribution >= 0.6 is 0 Å². The third-order valence-electron chi connectivity index (χ3n) is 9.17. The number of aliphatic hydroxyl groups excluding tert-OH is 1. The van der Waals surface area contributed by atoms with E-state index in [1.54, 1.807) is 0 Å². The van der Waals surface area contributed by atoms with Crippen LogP contribution in [0.2, 0.25) is 0 Å². The Morgan fingerprint density at radius 2 is 1.90 bits per heavy atom. The molecule has 0 spiro atoms. The smallest absolute Gasteiger partial charge is 0.159 e. The Morgan fingerprint density at radius 1 is 1.10 bits per heavy atom. The summed E-state index contributed by atoms with van der Waals surface area (Å²) in [5.41, 5.74) is 4.78. The van der Waals surface area contributed by atoms with Gasteiger partial charge in [-0.15, -0.1) is 0 Å². The van der Waals surface area contributed by atoms with Gasteiger partial charge in [0, 0.05) is 17.0 Å². The molecule has 4 aliphatic carbocycles. The summed E-state index contributed by atoms with van der Waals surface area (Å²) in [6.45, 7) is 4.74. The molecule has 1 N–H and O–H groups in total. The third-order valence-corrected chi connectivity index (χ3v) is 9.17. The van der Waals surface area contributed by atoms with E-state index in [4.69, 9.17) is 0 Å². The van der Waals surface area contributed by atoms with Gasteiger partial charge in [0.25, 0.3) is 0 Å². The number of benzene rings is 1. The molecule has 1 heterocycles. The quantitative estimate of drug-likeness (QED) is 0.731. The Labute approximate surface area is 177 Å². The molecule has 30 heavy (non-hydrogen) atoms. The molecule has 2 aromatic rings. The number of para-hydroxylation sites is 2. The van der Waals surface area contributed by atoms with Crippen LogP contribution in [-0.4, -0.2) is 26.5 Å². The zero-order valence-corrected chi connectivity index (χ0v) is 17.8. The second-order valence-electron chi connectivity index (χ2n) is 10.5. The lowest BCUT2D eigenvalue weighted by molar-refractivity contribution is -0.131. The number of aliphatic hydroxyl groups is 1. The average molecular weight is 403 g/mol. The molecule has 0 aliphatic heterocycles. The molecule has 2 saturated carbocycles. The zero-order chi connectivity index (χ0) is 20.7. The molecule has 0 amide bonds. The van der Waals surface area contributed by atoms with E-state index in [1.165, 1.54) is 11.3 Å². The molecule has 2 fully saturated rings. The van der Waals surface area contributed by atoms with Crippen LogP contribution in [0.1, 0.15) is 52.4 Å². The van der Waals surface area contributed by atoms with Crippen molar-refractivity contribution < 1.29 is 9.90 Å². The highest BCUT2D eigenvalue weighted by molar-refractivity contribution is 5.95. The first-order valence-corrected chi connectivity index (χ1v) is 11.5. The minimum Gasteiger partial charge on any atom is -0.393 e. The van der Waals surface area contributed by atoms with Gasteiger partial charge >= 0.3 is 0 Å². The standard InChI is InChI=1S/C26H30N2O2/c1-25-11-9-17(29)13-16(25)14-22(30)24-18-7-8-23(26(18,2)12-10-19(24)25)28-15-27-20-5-3-4-6-21(20)28/h3-6,8,14-15,17-19,24,29H,7,9-13H2,1-2H3/t17-,18?,19?,24?,25-,26-/m0/s1. The summed E-state index contributed by atoms with van der Waals surface area (Å²) in [7, 11) is 0. The molecule has 6 rings (SSSR count). The van der Waals surface area contributed by atoms with Gasteiger partial charge in [0.1, 0.15) is 6.33 Å². The Balaban J connectivity index is 1.40. The van der Waals surface area contributed by atoms with Crippen molar-refractivity contribution in [3.8, 4) is 0 Å². The Kier molecular flexibility index (Phi) is 3.81. The summed E-state index contributed by atoms with van der Waals surface area (Å²) in [6, 6.07) is 8.31. The van der Waals surface area contributed by atoms with Gasteiger partial charge in [-0.05, 0) is 74.0 Å². The van der Waals surface area contributed by atoms with E-state index in [9.17, 15) is 9.90 Å². The molecule has 0 radical (unpaired) electrons. The van der Waals surface area contributed by atoms with Crippen LogP contribution < -0.4 is 0 Å². The van der Waals surface area contributed by atoms with Crippen LogP contribution in [0.25, 0.3) is 16.7 Å². The second-order valence-corrected chi connectivity index (χ2v) is 10.5. The number of aromatic nitrogens is 2. The van der Waals surface area contributed by atoms with Crippen LogP contribution in [-0.2, 0) is 4.79 Å². The van der Waals surface area contributed by atoms with Crippen LogP contribution in [0, 0.1) is 28.6 Å². The van der Waals surface area contributed by atoms with Gasteiger partial charge in [-0.2, -0.15) is 0 Å². The first kappa shape index (κ1) is 18.6. The molecule has 1 aromatic heterocycles. The fraction of sp³-hybridized carbons (Fsp3) is 0.538. The number of rotatable bonds is 1. The molecule has 6 atom stereocenters. The molecule has 1 aromatic carbocycles. The highest BCUT2D eigenvalue weighted by Gasteiger charge is 2.59. The molecule has 0 saturated heterocycles. The van der Waals surface area contributed by atoms with E-state index < -0.39 is 0 Å². The number of hydrogen-bond donors (Lipinski definition) is 1. The number of hydrogen-bond acceptors (Lipinski definition) is 3. The van der Waals surface area contributed by atoms with Gasteiger partial charge in [-0.1, -0.05) is 37.6 Å². The second kappa shape index (κ2) is 6.16. The van der Waals surface area contributed by atoms with Crippen molar-refractivity contribution in [2.75, 3.05) is 0 Å². The van der Waals surface area contributed by atoms with Crippen LogP contribution in [0.5, 0.6) is 0 Å². The largest absolute Gasteiger partial charge is 0.393 e. The monoisotopic (exact) mass is 402 g/mol. The van der Waals surface area contributed by atoms with E-state index in [-0.39, 0.29) is 22.9 Å². The van der Waals surface area contributed by atoms with Gasteiger partial charge < -0.3 is 9.67 Å². The fourth-order valence-electron chi connectivity index (χ4n) is 7.46. The number of nitrogens with zero attached hydrogens (tertiary/aromatic N) is 2. The third kappa shape index (κ3) is 2.31. The topological polar surface area (TPSA) is 55.1 Å². The number of imidazole rings is 1. The lowest BCUT2D eigenvalue weighted by Gasteiger charge is -2.56. The summed E-state index contributed by atoms with van der Waals surface area (Å²) in [4.78, 5) is 18.0. The number of ketones is 1. The molecular formula is C26H30N2O2. The summed E-state index contributed by atoms with van der Waals surface area (Å²) >= 11 is 0. The predicted octanol–water partition coefficient (Wildman–Crippen LogP) is 4.99. The van der Waals surface area contributed by atoms with Gasteiger partial charge in [0.15, 0.2) is 5.78 Å². The molecule has 4 heteroatoms. The molecule has 3 unspecified atom stereocenters. The van der Waals surface area contributed by atoms with E-state index in [0.29, 0.717) is 24.0 Å². The van der Waals surface area contributed by atoms with E-state index in [1.807, 2.05) is 18.5 Å². The minimum absolute atomic E-state index is 0.00379. The maximum atomic E-state index is 13.4. The van der Waals surface area contributed by atoms with Crippen molar-refractivity contribution in [1.29, 1.82) is 0 Å². The Morgan fingerprint density at radius 3 is 2.77 bits per heavy atom. The Hall–Kier alpha value is -2.20. The number of carbonyl (C=O) groups is 1.